The van der Waals surface area contributed by atoms with Gasteiger partial charge in [0.1, 0.15) is 5.82 Å². The Kier molecular flexibility index (Phi) is 5.13. The Balaban J connectivity index is 1.46. The van der Waals surface area contributed by atoms with Gasteiger partial charge in [0.2, 0.25) is 5.91 Å². The van der Waals surface area contributed by atoms with Crippen LogP contribution in [-0.2, 0) is 11.3 Å². The minimum atomic E-state index is -0.216. The molecule has 0 unspecified atom stereocenters. The average molecular weight is 330 g/mol. The summed E-state index contributed by atoms with van der Waals surface area (Å²) in [5, 5.41) is 7.28. The highest BCUT2D eigenvalue weighted by molar-refractivity contribution is 5.78. The monoisotopic (exact) mass is 330 g/mol. The van der Waals surface area contributed by atoms with Crippen molar-refractivity contribution < 1.29 is 9.18 Å². The van der Waals surface area contributed by atoms with E-state index in [9.17, 15) is 9.18 Å². The molecule has 24 heavy (non-hydrogen) atoms. The molecule has 0 bridgehead atoms. The fourth-order valence-corrected chi connectivity index (χ4v) is 3.05. The van der Waals surface area contributed by atoms with Crippen LogP contribution in [0.25, 0.3) is 0 Å². The number of carbonyl (C=O) groups excluding carboxylic acids is 1. The third-order valence-corrected chi connectivity index (χ3v) is 4.50. The summed E-state index contributed by atoms with van der Waals surface area (Å²) in [6.07, 6.45) is 5.38. The van der Waals surface area contributed by atoms with Crippen molar-refractivity contribution >= 4 is 11.6 Å². The van der Waals surface area contributed by atoms with Gasteiger partial charge in [0, 0.05) is 37.2 Å². The van der Waals surface area contributed by atoms with Crippen molar-refractivity contribution in [2.24, 2.45) is 5.92 Å². The Morgan fingerprint density at radius 1 is 1.33 bits per heavy atom. The van der Waals surface area contributed by atoms with E-state index in [2.05, 4.69) is 15.3 Å². The summed E-state index contributed by atoms with van der Waals surface area (Å²) in [4.78, 5) is 14.6. The van der Waals surface area contributed by atoms with E-state index in [0.717, 1.165) is 31.6 Å². The number of amides is 1. The first-order valence-corrected chi connectivity index (χ1v) is 8.40. The van der Waals surface area contributed by atoms with E-state index >= 15 is 0 Å². The molecular formula is C18H23FN4O. The molecule has 1 aliphatic heterocycles. The molecule has 1 N–H and O–H groups in total. The first-order valence-electron chi connectivity index (χ1n) is 8.40. The Labute approximate surface area is 141 Å². The summed E-state index contributed by atoms with van der Waals surface area (Å²) in [6, 6.07) is 8.64. The number of carbonyl (C=O) groups is 1. The van der Waals surface area contributed by atoms with Crippen LogP contribution in [0.1, 0.15) is 19.8 Å². The van der Waals surface area contributed by atoms with Gasteiger partial charge in [-0.25, -0.2) is 4.39 Å². The second-order valence-corrected chi connectivity index (χ2v) is 6.38. The molecule has 1 aliphatic rings. The molecule has 2 aromatic rings. The number of nitrogens with one attached hydrogen (secondary N) is 1. The molecule has 0 saturated carbocycles. The van der Waals surface area contributed by atoms with Crippen molar-refractivity contribution in [1.82, 2.24) is 15.1 Å². The van der Waals surface area contributed by atoms with E-state index in [4.69, 9.17) is 0 Å². The molecule has 2 heterocycles. The molecule has 1 amide bonds. The van der Waals surface area contributed by atoms with Crippen LogP contribution in [0.2, 0.25) is 0 Å². The van der Waals surface area contributed by atoms with E-state index < -0.39 is 0 Å². The number of hydrogen-bond acceptors (Lipinski definition) is 3. The zero-order valence-corrected chi connectivity index (χ0v) is 13.9. The quantitative estimate of drug-likeness (QED) is 0.916. The molecule has 1 saturated heterocycles. The predicted octanol–water partition coefficient (Wildman–Crippen LogP) is 2.44. The van der Waals surface area contributed by atoms with Crippen molar-refractivity contribution in [2.45, 2.75) is 32.4 Å². The van der Waals surface area contributed by atoms with Crippen molar-refractivity contribution in [3.05, 3.63) is 48.5 Å². The highest BCUT2D eigenvalue weighted by Crippen LogP contribution is 2.20. The molecule has 0 radical (unpaired) electrons. The third kappa shape index (κ3) is 4.13. The minimum absolute atomic E-state index is 0.0748. The number of hydrogen-bond donors (Lipinski definition) is 1. The highest BCUT2D eigenvalue weighted by atomic mass is 19.1. The second kappa shape index (κ2) is 7.47. The van der Waals surface area contributed by atoms with Crippen LogP contribution < -0.4 is 10.2 Å². The topological polar surface area (TPSA) is 50.2 Å². The fourth-order valence-electron chi connectivity index (χ4n) is 3.05. The molecule has 1 atom stereocenters. The molecule has 1 aromatic heterocycles. The lowest BCUT2D eigenvalue weighted by Gasteiger charge is -2.34. The number of benzene rings is 1. The zero-order valence-electron chi connectivity index (χ0n) is 13.9. The summed E-state index contributed by atoms with van der Waals surface area (Å²) < 4.78 is 14.8. The van der Waals surface area contributed by atoms with Crippen LogP contribution >= 0.6 is 0 Å². The molecule has 1 aromatic carbocycles. The number of rotatable bonds is 5. The maximum absolute atomic E-state index is 13.0. The summed E-state index contributed by atoms with van der Waals surface area (Å²) in [7, 11) is 0. The maximum Gasteiger partial charge on any atom is 0.224 e. The van der Waals surface area contributed by atoms with E-state index in [0.29, 0.717) is 6.54 Å². The molecule has 0 spiro atoms. The molecular weight excluding hydrogens is 307 g/mol. The Morgan fingerprint density at radius 3 is 2.67 bits per heavy atom. The van der Waals surface area contributed by atoms with Crippen LogP contribution in [0.4, 0.5) is 10.1 Å². The first kappa shape index (κ1) is 16.5. The van der Waals surface area contributed by atoms with E-state index in [1.54, 1.807) is 23.0 Å². The normalized spacial score (nSPS) is 16.8. The highest BCUT2D eigenvalue weighted by Gasteiger charge is 2.23. The average Bonchev–Trinajstić information content (AvgIpc) is 3.09. The number of nitrogens with zero attached hydrogens (tertiary/aromatic N) is 3. The third-order valence-electron chi connectivity index (χ3n) is 4.50. The number of halogens is 1. The summed E-state index contributed by atoms with van der Waals surface area (Å²) in [5.41, 5.74) is 1.04. The lowest BCUT2D eigenvalue weighted by Crippen LogP contribution is -2.46. The first-order chi connectivity index (χ1) is 11.6. The summed E-state index contributed by atoms with van der Waals surface area (Å²) in [5.74, 6) is -0.252. The van der Waals surface area contributed by atoms with Gasteiger partial charge < -0.3 is 10.2 Å². The molecule has 3 rings (SSSR count). The van der Waals surface area contributed by atoms with Gasteiger partial charge in [-0.1, -0.05) is 6.92 Å². The zero-order chi connectivity index (χ0) is 16.9. The van der Waals surface area contributed by atoms with Gasteiger partial charge in [-0.15, -0.1) is 0 Å². The fraction of sp³-hybridized carbons (Fsp3) is 0.444. The van der Waals surface area contributed by atoms with Gasteiger partial charge in [0.15, 0.2) is 0 Å². The Hall–Kier alpha value is -2.37. The van der Waals surface area contributed by atoms with E-state index in [-0.39, 0.29) is 23.7 Å². The smallest absolute Gasteiger partial charge is 0.224 e. The summed E-state index contributed by atoms with van der Waals surface area (Å²) >= 11 is 0. The lowest BCUT2D eigenvalue weighted by molar-refractivity contribution is -0.125. The standard InChI is InChI=1S/C18H23FN4O/c1-14(13-23-10-2-9-20-23)18(24)21-16-7-11-22(12-8-16)17-5-3-15(19)4-6-17/h2-6,9-10,14,16H,7-8,11-13H2,1H3,(H,21,24)/t14-/m0/s1. The van der Waals surface area contributed by atoms with Crippen molar-refractivity contribution in [3.63, 3.8) is 0 Å². The summed E-state index contributed by atoms with van der Waals surface area (Å²) in [6.45, 7) is 4.24. The maximum atomic E-state index is 13.0. The number of aromatic nitrogens is 2. The van der Waals surface area contributed by atoms with Crippen LogP contribution in [-0.4, -0.2) is 34.8 Å². The predicted molar refractivity (Wildman–Crippen MR) is 91.2 cm³/mol. The number of piperidine rings is 1. The van der Waals surface area contributed by atoms with Crippen molar-refractivity contribution in [2.75, 3.05) is 18.0 Å². The Bertz CT molecular complexity index is 648. The molecule has 1 fully saturated rings. The van der Waals surface area contributed by atoms with Gasteiger partial charge >= 0.3 is 0 Å². The van der Waals surface area contributed by atoms with Crippen molar-refractivity contribution in [1.29, 1.82) is 0 Å². The van der Waals surface area contributed by atoms with E-state index in [1.807, 2.05) is 19.2 Å². The lowest BCUT2D eigenvalue weighted by atomic mass is 10.0. The molecule has 6 heteroatoms. The van der Waals surface area contributed by atoms with Crippen molar-refractivity contribution in [3.8, 4) is 0 Å². The molecule has 5 nitrogen and oxygen atoms in total. The molecule has 0 aliphatic carbocycles. The van der Waals surface area contributed by atoms with Crippen LogP contribution in [0, 0.1) is 11.7 Å². The van der Waals surface area contributed by atoms with Crippen LogP contribution in [0.5, 0.6) is 0 Å². The van der Waals surface area contributed by atoms with Gasteiger partial charge in [0.05, 0.1) is 12.5 Å². The van der Waals surface area contributed by atoms with Gasteiger partial charge in [-0.3, -0.25) is 9.48 Å². The van der Waals surface area contributed by atoms with Gasteiger partial charge in [-0.2, -0.15) is 5.10 Å². The van der Waals surface area contributed by atoms with Crippen LogP contribution in [0.3, 0.4) is 0 Å². The van der Waals surface area contributed by atoms with Gasteiger partial charge in [-0.05, 0) is 43.2 Å². The largest absolute Gasteiger partial charge is 0.371 e. The minimum Gasteiger partial charge on any atom is -0.371 e. The number of anilines is 1. The Morgan fingerprint density at radius 2 is 2.04 bits per heavy atom. The molecule has 128 valence electrons. The van der Waals surface area contributed by atoms with E-state index in [1.165, 1.54) is 12.1 Å². The van der Waals surface area contributed by atoms with Gasteiger partial charge in [0.25, 0.3) is 0 Å². The van der Waals surface area contributed by atoms with Crippen LogP contribution in [0.15, 0.2) is 42.7 Å². The SMILES string of the molecule is C[C@@H](Cn1cccn1)C(=O)NC1CCN(c2ccc(F)cc2)CC1. The second-order valence-electron chi connectivity index (χ2n) is 6.38.